The van der Waals surface area contributed by atoms with E-state index < -0.39 is 0 Å². The molecule has 3 heterocycles. The molecule has 2 N–H and O–H groups in total. The van der Waals surface area contributed by atoms with Crippen LogP contribution in [0, 0.1) is 6.92 Å². The van der Waals surface area contributed by atoms with Crippen LogP contribution >= 0.6 is 11.6 Å². The van der Waals surface area contributed by atoms with E-state index in [4.69, 9.17) is 16.6 Å². The molecule has 0 atom stereocenters. The summed E-state index contributed by atoms with van der Waals surface area (Å²) >= 11 is 6.12. The number of hydrogen-bond donors (Lipinski definition) is 2. The largest absolute Gasteiger partial charge is 0.366 e. The van der Waals surface area contributed by atoms with E-state index in [0.717, 1.165) is 58.4 Å². The number of rotatable bonds is 6. The van der Waals surface area contributed by atoms with Crippen LogP contribution in [0.4, 0.5) is 23.1 Å². The van der Waals surface area contributed by atoms with E-state index in [2.05, 4.69) is 49.8 Å². The second-order valence-electron chi connectivity index (χ2n) is 8.44. The number of aryl methyl sites for hydroxylation is 1. The Morgan fingerprint density at radius 2 is 1.85 bits per heavy atom. The van der Waals surface area contributed by atoms with Crippen molar-refractivity contribution in [3.05, 3.63) is 77.1 Å². The molecule has 0 amide bonds. The van der Waals surface area contributed by atoms with Gasteiger partial charge in [0.1, 0.15) is 5.82 Å². The van der Waals surface area contributed by atoms with Crippen LogP contribution in [0.1, 0.15) is 30.5 Å². The van der Waals surface area contributed by atoms with Crippen molar-refractivity contribution in [1.82, 2.24) is 15.0 Å². The second kappa shape index (κ2) is 9.63. The zero-order valence-electron chi connectivity index (χ0n) is 18.7. The molecule has 4 aromatic rings. The Bertz CT molecular complexity index is 1270. The summed E-state index contributed by atoms with van der Waals surface area (Å²) in [6, 6.07) is 18.1. The predicted molar refractivity (Wildman–Crippen MR) is 137 cm³/mol. The third kappa shape index (κ3) is 5.17. The van der Waals surface area contributed by atoms with Gasteiger partial charge in [0.15, 0.2) is 0 Å². The van der Waals surface area contributed by atoms with Crippen LogP contribution in [0.2, 0.25) is 5.02 Å². The monoisotopic (exact) mass is 458 g/mol. The Labute approximate surface area is 199 Å². The van der Waals surface area contributed by atoms with Crippen LogP contribution in [0.5, 0.6) is 0 Å². The standard InChI is InChI=1S/C26H27ClN6/c1-18-14-25(32-26(30-18)33-12-3-2-4-13-33)29-17-19-6-5-7-21(15-19)31-23-10-11-28-24-16-20(27)8-9-22(23)24/h5-11,14-16H,2-4,12-13,17H2,1H3,(H,28,31)(H,29,30,32). The van der Waals surface area contributed by atoms with Crippen LogP contribution in [0.25, 0.3) is 10.9 Å². The quantitative estimate of drug-likeness (QED) is 0.352. The molecule has 1 saturated heterocycles. The van der Waals surface area contributed by atoms with Gasteiger partial charge in [-0.3, -0.25) is 4.98 Å². The first-order valence-electron chi connectivity index (χ1n) is 11.4. The number of fused-ring (bicyclic) bond motifs is 1. The SMILES string of the molecule is Cc1cc(NCc2cccc(Nc3ccnc4cc(Cl)ccc34)c2)nc(N2CCCCC2)n1. The highest BCUT2D eigenvalue weighted by molar-refractivity contribution is 6.31. The number of benzene rings is 2. The van der Waals surface area contributed by atoms with Gasteiger partial charge in [-0.2, -0.15) is 4.98 Å². The molecule has 2 aromatic carbocycles. The summed E-state index contributed by atoms with van der Waals surface area (Å²) in [5.74, 6) is 1.69. The van der Waals surface area contributed by atoms with Crippen LogP contribution in [-0.4, -0.2) is 28.0 Å². The third-order valence-electron chi connectivity index (χ3n) is 5.87. The number of hydrogen-bond acceptors (Lipinski definition) is 6. The van der Waals surface area contributed by atoms with Crippen molar-refractivity contribution in [1.29, 1.82) is 0 Å². The first kappa shape index (κ1) is 21.5. The molecule has 33 heavy (non-hydrogen) atoms. The molecule has 0 saturated carbocycles. The van der Waals surface area contributed by atoms with Crippen LogP contribution in [-0.2, 0) is 6.54 Å². The smallest absolute Gasteiger partial charge is 0.227 e. The highest BCUT2D eigenvalue weighted by atomic mass is 35.5. The van der Waals surface area contributed by atoms with E-state index in [-0.39, 0.29) is 0 Å². The first-order valence-corrected chi connectivity index (χ1v) is 11.8. The van der Waals surface area contributed by atoms with E-state index in [9.17, 15) is 0 Å². The Morgan fingerprint density at radius 1 is 0.970 bits per heavy atom. The molecule has 0 unspecified atom stereocenters. The first-order chi connectivity index (χ1) is 16.1. The third-order valence-corrected chi connectivity index (χ3v) is 6.10. The lowest BCUT2D eigenvalue weighted by molar-refractivity contribution is 0.568. The van der Waals surface area contributed by atoms with Gasteiger partial charge in [0, 0.05) is 59.4 Å². The summed E-state index contributed by atoms with van der Waals surface area (Å²) < 4.78 is 0. The second-order valence-corrected chi connectivity index (χ2v) is 8.88. The number of nitrogens with one attached hydrogen (secondary N) is 2. The number of halogens is 1. The fraction of sp³-hybridized carbons (Fsp3) is 0.269. The Morgan fingerprint density at radius 3 is 2.73 bits per heavy atom. The van der Waals surface area contributed by atoms with Crippen LogP contribution in [0.15, 0.2) is 60.8 Å². The summed E-state index contributed by atoms with van der Waals surface area (Å²) in [6.45, 7) is 4.77. The van der Waals surface area contributed by atoms with Gasteiger partial charge in [-0.05, 0) is 68.1 Å². The van der Waals surface area contributed by atoms with E-state index in [0.29, 0.717) is 11.6 Å². The molecule has 1 fully saturated rings. The zero-order chi connectivity index (χ0) is 22.6. The molecule has 0 radical (unpaired) electrons. The predicted octanol–water partition coefficient (Wildman–Crippen LogP) is 6.33. The average Bonchev–Trinajstić information content (AvgIpc) is 2.83. The van der Waals surface area contributed by atoms with Gasteiger partial charge < -0.3 is 15.5 Å². The van der Waals surface area contributed by atoms with Gasteiger partial charge in [-0.25, -0.2) is 4.98 Å². The fourth-order valence-corrected chi connectivity index (χ4v) is 4.38. The molecule has 1 aliphatic heterocycles. The molecule has 0 bridgehead atoms. The Kier molecular flexibility index (Phi) is 6.26. The molecule has 2 aromatic heterocycles. The fourth-order valence-electron chi connectivity index (χ4n) is 4.22. The van der Waals surface area contributed by atoms with Crippen molar-refractivity contribution in [2.45, 2.75) is 32.7 Å². The molecule has 0 spiro atoms. The number of aromatic nitrogens is 3. The van der Waals surface area contributed by atoms with Gasteiger partial charge in [0.25, 0.3) is 0 Å². The average molecular weight is 459 g/mol. The lowest BCUT2D eigenvalue weighted by Crippen LogP contribution is -2.31. The minimum atomic E-state index is 0.679. The minimum absolute atomic E-state index is 0.679. The number of anilines is 4. The van der Waals surface area contributed by atoms with Crippen LogP contribution < -0.4 is 15.5 Å². The summed E-state index contributed by atoms with van der Waals surface area (Å²) in [4.78, 5) is 16.1. The maximum Gasteiger partial charge on any atom is 0.227 e. The zero-order valence-corrected chi connectivity index (χ0v) is 19.4. The van der Waals surface area contributed by atoms with Gasteiger partial charge in [-0.1, -0.05) is 23.7 Å². The van der Waals surface area contributed by atoms with Crippen molar-refractivity contribution in [3.63, 3.8) is 0 Å². The minimum Gasteiger partial charge on any atom is -0.366 e. The highest BCUT2D eigenvalue weighted by Crippen LogP contribution is 2.27. The molecule has 168 valence electrons. The van der Waals surface area contributed by atoms with E-state index >= 15 is 0 Å². The molecule has 6 nitrogen and oxygen atoms in total. The van der Waals surface area contributed by atoms with Gasteiger partial charge in [-0.15, -0.1) is 0 Å². The maximum atomic E-state index is 6.12. The van der Waals surface area contributed by atoms with Crippen molar-refractivity contribution < 1.29 is 0 Å². The normalized spacial score (nSPS) is 13.8. The summed E-state index contributed by atoms with van der Waals surface area (Å²) in [7, 11) is 0. The van der Waals surface area contributed by atoms with Crippen LogP contribution in [0.3, 0.4) is 0 Å². The van der Waals surface area contributed by atoms with Gasteiger partial charge >= 0.3 is 0 Å². The number of pyridine rings is 1. The van der Waals surface area contributed by atoms with E-state index in [1.165, 1.54) is 19.3 Å². The molecular formula is C26H27ClN6. The lowest BCUT2D eigenvalue weighted by Gasteiger charge is -2.27. The number of nitrogens with zero attached hydrogens (tertiary/aromatic N) is 4. The summed E-state index contributed by atoms with van der Waals surface area (Å²) in [6.07, 6.45) is 5.50. The highest BCUT2D eigenvalue weighted by Gasteiger charge is 2.14. The Balaban J connectivity index is 1.30. The Hall–Kier alpha value is -3.38. The summed E-state index contributed by atoms with van der Waals surface area (Å²) in [5.41, 5.74) is 5.03. The van der Waals surface area contributed by atoms with Crippen molar-refractivity contribution in [2.24, 2.45) is 0 Å². The number of piperidine rings is 1. The van der Waals surface area contributed by atoms with Crippen molar-refractivity contribution in [2.75, 3.05) is 28.6 Å². The lowest BCUT2D eigenvalue weighted by atomic mass is 10.1. The molecule has 5 rings (SSSR count). The van der Waals surface area contributed by atoms with E-state index in [1.54, 1.807) is 6.20 Å². The maximum absolute atomic E-state index is 6.12. The van der Waals surface area contributed by atoms with Gasteiger partial charge in [0.2, 0.25) is 5.95 Å². The molecule has 0 aliphatic carbocycles. The van der Waals surface area contributed by atoms with Gasteiger partial charge in [0.05, 0.1) is 5.52 Å². The van der Waals surface area contributed by atoms with E-state index in [1.807, 2.05) is 37.3 Å². The van der Waals surface area contributed by atoms with Crippen molar-refractivity contribution >= 4 is 45.6 Å². The topological polar surface area (TPSA) is 66.0 Å². The molecule has 7 heteroatoms. The molecular weight excluding hydrogens is 432 g/mol. The van der Waals surface area contributed by atoms with Crippen molar-refractivity contribution in [3.8, 4) is 0 Å². The summed E-state index contributed by atoms with van der Waals surface area (Å²) in [5, 5.41) is 8.72. The molecule has 1 aliphatic rings.